The number of carbonyl (C=O) groups is 6. The Morgan fingerprint density at radius 3 is 0.851 bits per heavy atom. The van der Waals surface area contributed by atoms with Gasteiger partial charge in [-0.3, -0.25) is 28.8 Å². The highest BCUT2D eigenvalue weighted by Gasteiger charge is 2.35. The van der Waals surface area contributed by atoms with Crippen LogP contribution in [0.4, 0.5) is 56.6 Å². The molecule has 9 aromatic rings. The summed E-state index contributed by atoms with van der Waals surface area (Å²) < 4.78 is 124. The summed E-state index contributed by atoms with van der Waals surface area (Å²) >= 11 is 0. The van der Waals surface area contributed by atoms with Crippen LogP contribution in [-0.2, 0) is 66.6 Å². The van der Waals surface area contributed by atoms with Crippen molar-refractivity contribution in [2.45, 2.75) is 140 Å². The second-order valence-electron chi connectivity index (χ2n) is 25.0. The molecule has 0 saturated heterocycles. The minimum atomic E-state index is -4.62. The molecule has 0 aliphatic carbocycles. The van der Waals surface area contributed by atoms with Gasteiger partial charge in [0.2, 0.25) is 35.4 Å². The van der Waals surface area contributed by atoms with Gasteiger partial charge in [0.05, 0.1) is 36.0 Å². The van der Waals surface area contributed by atoms with Crippen LogP contribution in [0.2, 0.25) is 0 Å². The second kappa shape index (κ2) is 33.6. The number of anilines is 3. The number of aryl methyl sites for hydroxylation is 3. The Morgan fingerprint density at radius 2 is 0.624 bits per heavy atom. The summed E-state index contributed by atoms with van der Waals surface area (Å²) in [6.45, 7) is 5.88. The first-order valence-electron chi connectivity index (χ1n) is 32.8. The first-order valence-corrected chi connectivity index (χ1v) is 32.8. The standard InChI is InChI=1S/C73H79F9N12O6.ClH/c1-40-52(55-34-46(71(74,75)76)19-28-58(55)86-40)37-64(95)92-61(10-4-7-31-83)68(98)89-49-22-13-43(14-23-49)67(44-15-24-50(25-16-44)90-69(99)62(11-5-8-32-84)93-65(96)38-53-41(2)87-59-29-20-47(35-56(53)59)72(77,78)79)45-17-26-51(27-18-45)91-70(100)63(12-6-9-33-85)94-66(97)39-54-42(3)88-60-30-21-48(36-57(54)60)73(80,81)82;/h13-30,34-36,61-63,67,86-88H,4-12,31-33,37-39,83-85H2,1-3H3,(H,89,98)(H,90,99)(H,91,100)(H,92,95)(H,93,96)(H,94,97);1H/t61-,62-,63-;/m1./s1. The Morgan fingerprint density at radius 1 is 0.376 bits per heavy atom. The molecule has 28 heteroatoms. The minimum absolute atomic E-state index is 0. The van der Waals surface area contributed by atoms with Crippen molar-refractivity contribution in [3.8, 4) is 0 Å². The van der Waals surface area contributed by atoms with E-state index in [0.29, 0.717) is 142 Å². The number of nitrogens with one attached hydrogen (secondary N) is 9. The highest BCUT2D eigenvalue weighted by molar-refractivity contribution is 6.01. The largest absolute Gasteiger partial charge is 0.416 e. The maximum atomic E-state index is 14.1. The highest BCUT2D eigenvalue weighted by Crippen LogP contribution is 2.38. The Labute approximate surface area is 582 Å². The quantitative estimate of drug-likeness (QED) is 0.0116. The van der Waals surface area contributed by atoms with Crippen molar-refractivity contribution in [1.29, 1.82) is 0 Å². The number of rotatable bonds is 30. The highest BCUT2D eigenvalue weighted by atomic mass is 35.5. The van der Waals surface area contributed by atoms with Gasteiger partial charge in [0.1, 0.15) is 18.1 Å². The van der Waals surface area contributed by atoms with Gasteiger partial charge in [-0.05, 0) is 223 Å². The average molecular weight is 1430 g/mol. The molecule has 9 rings (SSSR count). The SMILES string of the molecule is Cc1[nH]c2ccc(C(F)(F)F)cc2c1CC(=O)N[C@H](CCCCN)C(=O)Nc1ccc(C(c2ccc(NC(=O)[C@@H](CCCCN)NC(=O)Cc3c(C)[nH]c4ccc(C(F)(F)F)cc34)cc2)c2ccc(NC(=O)[C@@H](CCCCN)NC(=O)Cc3c(C)[nH]c4ccc(C(F)(F)F)cc34)cc2)cc1.Cl. The van der Waals surface area contributed by atoms with E-state index in [4.69, 9.17) is 17.2 Å². The molecule has 0 fully saturated rings. The number of unbranched alkanes of at least 4 members (excludes halogenated alkanes) is 3. The van der Waals surface area contributed by atoms with Gasteiger partial charge in [0, 0.05) is 72.8 Å². The molecule has 0 aliphatic rings. The topological polar surface area (TPSA) is 300 Å². The Hall–Kier alpha value is -9.70. The van der Waals surface area contributed by atoms with Crippen LogP contribution >= 0.6 is 12.4 Å². The molecule has 15 N–H and O–H groups in total. The fourth-order valence-electron chi connectivity index (χ4n) is 12.4. The molecule has 0 saturated carbocycles. The fourth-order valence-corrected chi connectivity index (χ4v) is 12.4. The molecule has 0 aliphatic heterocycles. The lowest BCUT2D eigenvalue weighted by molar-refractivity contribution is -0.138. The monoisotopic (exact) mass is 1430 g/mol. The van der Waals surface area contributed by atoms with Crippen LogP contribution in [0.3, 0.4) is 0 Å². The molecular weight excluding hydrogens is 1350 g/mol. The van der Waals surface area contributed by atoms with Crippen LogP contribution in [-0.4, -0.2) is 88.2 Å². The molecule has 101 heavy (non-hydrogen) atoms. The number of aromatic amines is 3. The number of fused-ring (bicyclic) bond motifs is 3. The number of aromatic nitrogens is 3. The molecule has 3 atom stereocenters. The van der Waals surface area contributed by atoms with Crippen molar-refractivity contribution in [2.75, 3.05) is 35.6 Å². The number of benzene rings is 6. The molecule has 0 spiro atoms. The average Bonchev–Trinajstić information content (AvgIpc) is 1.68. The lowest BCUT2D eigenvalue weighted by atomic mass is 9.85. The zero-order valence-corrected chi connectivity index (χ0v) is 56.3. The van der Waals surface area contributed by atoms with Crippen LogP contribution in [0.25, 0.3) is 32.7 Å². The summed E-state index contributed by atoms with van der Waals surface area (Å²) in [4.78, 5) is 92.6. The van der Waals surface area contributed by atoms with E-state index in [1.165, 1.54) is 18.2 Å². The maximum Gasteiger partial charge on any atom is 0.416 e. The zero-order chi connectivity index (χ0) is 72.2. The van der Waals surface area contributed by atoms with Gasteiger partial charge in [-0.15, -0.1) is 12.4 Å². The van der Waals surface area contributed by atoms with E-state index in [0.717, 1.165) is 36.4 Å². The summed E-state index contributed by atoms with van der Waals surface area (Å²) in [6.07, 6.45) is -11.3. The summed E-state index contributed by atoms with van der Waals surface area (Å²) in [6, 6.07) is 27.1. The predicted molar refractivity (Wildman–Crippen MR) is 373 cm³/mol. The third-order valence-electron chi connectivity index (χ3n) is 17.7. The molecule has 0 bridgehead atoms. The van der Waals surface area contributed by atoms with Gasteiger partial charge in [-0.25, -0.2) is 0 Å². The van der Waals surface area contributed by atoms with Gasteiger partial charge in [0.25, 0.3) is 0 Å². The number of halogens is 10. The van der Waals surface area contributed by atoms with E-state index in [1.807, 2.05) is 0 Å². The molecule has 18 nitrogen and oxygen atoms in total. The third-order valence-corrected chi connectivity index (χ3v) is 17.7. The molecule has 6 amide bonds. The third kappa shape index (κ3) is 19.9. The number of amides is 6. The number of nitrogens with two attached hydrogens (primary N) is 3. The van der Waals surface area contributed by atoms with Gasteiger partial charge in [-0.1, -0.05) is 36.4 Å². The summed E-state index contributed by atoms with van der Waals surface area (Å²) in [5.74, 6) is -4.09. The molecule has 538 valence electrons. The van der Waals surface area contributed by atoms with Crippen LogP contribution < -0.4 is 49.1 Å². The Balaban J connectivity index is 0.0000130. The van der Waals surface area contributed by atoms with Crippen LogP contribution in [0, 0.1) is 20.8 Å². The molecule has 3 heterocycles. The van der Waals surface area contributed by atoms with Gasteiger partial charge in [0.15, 0.2) is 0 Å². The molecule has 0 unspecified atom stereocenters. The van der Waals surface area contributed by atoms with Crippen molar-refractivity contribution in [3.63, 3.8) is 0 Å². The van der Waals surface area contributed by atoms with Crippen molar-refractivity contribution in [3.05, 3.63) is 195 Å². The number of hydrogen-bond donors (Lipinski definition) is 12. The van der Waals surface area contributed by atoms with E-state index >= 15 is 0 Å². The van der Waals surface area contributed by atoms with Crippen molar-refractivity contribution in [1.82, 2.24) is 30.9 Å². The fraction of sp³-hybridized carbons (Fsp3) is 0.342. The van der Waals surface area contributed by atoms with E-state index < -0.39 is 94.7 Å². The van der Waals surface area contributed by atoms with Crippen LogP contribution in [0.15, 0.2) is 127 Å². The maximum absolute atomic E-state index is 14.1. The Bertz CT molecular complexity index is 3960. The van der Waals surface area contributed by atoms with E-state index in [9.17, 15) is 68.3 Å². The number of H-pyrrole nitrogens is 3. The van der Waals surface area contributed by atoms with Gasteiger partial charge in [-0.2, -0.15) is 39.5 Å². The smallest absolute Gasteiger partial charge is 0.358 e. The molecule has 3 aromatic heterocycles. The number of alkyl halides is 9. The minimum Gasteiger partial charge on any atom is -0.358 e. The molecular formula is C73H80ClF9N12O6. The number of carbonyl (C=O) groups excluding carboxylic acids is 6. The van der Waals surface area contributed by atoms with Crippen molar-refractivity contribution >= 4 is 97.6 Å². The van der Waals surface area contributed by atoms with E-state index in [-0.39, 0.29) is 67.1 Å². The zero-order valence-electron chi connectivity index (χ0n) is 55.5. The predicted octanol–water partition coefficient (Wildman–Crippen LogP) is 13.1. The lowest BCUT2D eigenvalue weighted by Gasteiger charge is -2.22. The first-order chi connectivity index (χ1) is 47.5. The molecule has 6 aromatic carbocycles. The van der Waals surface area contributed by atoms with E-state index in [1.54, 1.807) is 93.6 Å². The summed E-state index contributed by atoms with van der Waals surface area (Å²) in [5.41, 5.74) is 21.6. The summed E-state index contributed by atoms with van der Waals surface area (Å²) in [5, 5.41) is 17.7. The molecule has 0 radical (unpaired) electrons. The van der Waals surface area contributed by atoms with E-state index in [2.05, 4.69) is 46.9 Å². The van der Waals surface area contributed by atoms with Gasteiger partial charge >= 0.3 is 18.5 Å². The lowest BCUT2D eigenvalue weighted by Crippen LogP contribution is -2.44. The first kappa shape index (κ1) is 77.0. The Kier molecular flexibility index (Phi) is 25.7. The van der Waals surface area contributed by atoms with Crippen LogP contribution in [0.1, 0.15) is 131 Å². The summed E-state index contributed by atoms with van der Waals surface area (Å²) in [7, 11) is 0. The van der Waals surface area contributed by atoms with Crippen LogP contribution in [0.5, 0.6) is 0 Å². The van der Waals surface area contributed by atoms with Gasteiger partial charge < -0.3 is 64.1 Å². The van der Waals surface area contributed by atoms with Crippen molar-refractivity contribution < 1.29 is 68.3 Å². The normalized spacial score (nSPS) is 12.8. The second-order valence-corrected chi connectivity index (χ2v) is 25.0. The van der Waals surface area contributed by atoms with Crippen molar-refractivity contribution in [2.24, 2.45) is 17.2 Å². The number of hydrogen-bond acceptors (Lipinski definition) is 9.